The van der Waals surface area contributed by atoms with Crippen molar-refractivity contribution < 1.29 is 33.8 Å². The average Bonchev–Trinajstić information content (AvgIpc) is 3.83. The predicted molar refractivity (Wildman–Crippen MR) is 205 cm³/mol. The van der Waals surface area contributed by atoms with Crippen molar-refractivity contribution in [2.24, 2.45) is 11.8 Å². The molecule has 1 N–H and O–H groups in total. The van der Waals surface area contributed by atoms with E-state index >= 15 is 0 Å². The van der Waals surface area contributed by atoms with E-state index in [9.17, 15) is 24.3 Å². The van der Waals surface area contributed by atoms with Gasteiger partial charge in [-0.25, -0.2) is 0 Å². The molecule has 3 saturated heterocycles. The van der Waals surface area contributed by atoms with Crippen LogP contribution in [0.2, 0.25) is 0 Å². The van der Waals surface area contributed by atoms with E-state index in [-0.39, 0.29) is 31.4 Å². The summed E-state index contributed by atoms with van der Waals surface area (Å²) >= 11 is 0. The van der Waals surface area contributed by atoms with Crippen molar-refractivity contribution in [2.45, 2.75) is 95.7 Å². The average molecular weight is 729 g/mol. The summed E-state index contributed by atoms with van der Waals surface area (Å²) < 4.78 is 13.1. The molecule has 0 unspecified atom stereocenters. The van der Waals surface area contributed by atoms with E-state index in [0.29, 0.717) is 36.9 Å². The molecule has 8 atom stereocenters. The van der Waals surface area contributed by atoms with Crippen molar-refractivity contribution in [3.8, 4) is 0 Å². The number of carbonyl (C=O) groups is 4. The number of likely N-dealkylation sites (tertiary alicyclic amines) is 1. The summed E-state index contributed by atoms with van der Waals surface area (Å²) in [6.45, 7) is 17.0. The fourth-order valence-electron chi connectivity index (χ4n) is 8.60. The lowest BCUT2D eigenvalue weighted by Gasteiger charge is -2.39. The van der Waals surface area contributed by atoms with Gasteiger partial charge in [0.15, 0.2) is 0 Å². The largest absolute Gasteiger partial charge is 0.455 e. The van der Waals surface area contributed by atoms with E-state index in [4.69, 9.17) is 9.47 Å². The summed E-state index contributed by atoms with van der Waals surface area (Å²) in [6.07, 6.45) is 3.92. The van der Waals surface area contributed by atoms with E-state index < -0.39 is 59.6 Å². The van der Waals surface area contributed by atoms with Crippen LogP contribution in [0.1, 0.15) is 71.5 Å². The summed E-state index contributed by atoms with van der Waals surface area (Å²) in [5, 5.41) is 10.5. The number of carbonyl (C=O) groups excluding carboxylic acids is 4. The van der Waals surface area contributed by atoms with Crippen LogP contribution < -0.4 is 9.80 Å². The Morgan fingerprint density at radius 2 is 1.70 bits per heavy atom. The molecule has 0 aliphatic carbocycles. The number of aliphatic hydroxyl groups is 1. The Hall–Kier alpha value is -4.48. The van der Waals surface area contributed by atoms with Crippen LogP contribution in [-0.4, -0.2) is 102 Å². The van der Waals surface area contributed by atoms with Gasteiger partial charge in [-0.3, -0.25) is 19.2 Å². The Bertz CT molecular complexity index is 1630. The van der Waals surface area contributed by atoms with Gasteiger partial charge in [-0.15, -0.1) is 13.2 Å². The van der Waals surface area contributed by atoms with E-state index in [1.165, 1.54) is 4.90 Å². The molecule has 3 fully saturated rings. The van der Waals surface area contributed by atoms with Gasteiger partial charge in [0.2, 0.25) is 11.8 Å². The van der Waals surface area contributed by atoms with Crippen LogP contribution in [0.5, 0.6) is 0 Å². The molecule has 11 heteroatoms. The molecule has 11 nitrogen and oxygen atoms in total. The zero-order chi connectivity index (χ0) is 38.4. The number of amides is 3. The highest BCUT2D eigenvalue weighted by Crippen LogP contribution is 2.59. The second-order valence-electron chi connectivity index (χ2n) is 14.3. The molecule has 3 heterocycles. The highest BCUT2D eigenvalue weighted by molar-refractivity contribution is 6.05. The molecular weight excluding hydrogens is 672 g/mol. The van der Waals surface area contributed by atoms with E-state index in [2.05, 4.69) is 31.9 Å². The number of anilines is 2. The van der Waals surface area contributed by atoms with Gasteiger partial charge in [0, 0.05) is 44.5 Å². The number of hydrogen-bond acceptors (Lipinski definition) is 8. The highest BCUT2D eigenvalue weighted by atomic mass is 16.6. The van der Waals surface area contributed by atoms with Crippen LogP contribution in [0.25, 0.3) is 0 Å². The normalized spacial score (nSPS) is 24.6. The number of rotatable bonds is 18. The minimum Gasteiger partial charge on any atom is -0.455 e. The molecule has 2 bridgehead atoms. The van der Waals surface area contributed by atoms with E-state index in [1.54, 1.807) is 29.0 Å². The van der Waals surface area contributed by atoms with E-state index in [1.807, 2.05) is 68.4 Å². The third-order valence-corrected chi connectivity index (χ3v) is 11.6. The van der Waals surface area contributed by atoms with Gasteiger partial charge in [0.1, 0.15) is 17.7 Å². The first-order valence-electron chi connectivity index (χ1n) is 19.0. The summed E-state index contributed by atoms with van der Waals surface area (Å²) in [5.74, 6) is -3.44. The highest BCUT2D eigenvalue weighted by Gasteiger charge is 2.75. The number of hydrogen-bond donors (Lipinski definition) is 1. The zero-order valence-electron chi connectivity index (χ0n) is 31.9. The summed E-state index contributed by atoms with van der Waals surface area (Å²) in [7, 11) is 1.69. The maximum absolute atomic E-state index is 15.0. The summed E-state index contributed by atoms with van der Waals surface area (Å²) in [5.41, 5.74) is 1.09. The number of nitrogens with zero attached hydrogens (tertiary/aromatic N) is 4. The Kier molecular flexibility index (Phi) is 12.8. The molecule has 3 aliphatic heterocycles. The Balaban J connectivity index is 1.50. The smallest absolute Gasteiger partial charge is 0.313 e. The molecule has 3 amide bonds. The third kappa shape index (κ3) is 7.38. The molecule has 286 valence electrons. The number of aliphatic hydroxyl groups excluding tert-OH is 1. The Labute approximate surface area is 314 Å². The number of esters is 1. The molecule has 0 aromatic heterocycles. The molecular formula is C42H56N4O7. The Morgan fingerprint density at radius 3 is 2.28 bits per heavy atom. The molecule has 0 radical (unpaired) electrons. The zero-order valence-corrected chi connectivity index (χ0v) is 31.9. The second-order valence-corrected chi connectivity index (χ2v) is 14.3. The molecule has 3 aliphatic rings. The van der Waals surface area contributed by atoms with Crippen LogP contribution >= 0.6 is 0 Å². The number of ether oxygens (including phenoxy) is 2. The maximum Gasteiger partial charge on any atom is 0.313 e. The van der Waals surface area contributed by atoms with Crippen molar-refractivity contribution in [3.63, 3.8) is 0 Å². The lowest BCUT2D eigenvalue weighted by molar-refractivity contribution is -0.165. The van der Waals surface area contributed by atoms with Gasteiger partial charge < -0.3 is 34.2 Å². The van der Waals surface area contributed by atoms with Crippen molar-refractivity contribution in [1.82, 2.24) is 9.80 Å². The van der Waals surface area contributed by atoms with Gasteiger partial charge in [-0.2, -0.15) is 0 Å². The van der Waals surface area contributed by atoms with Gasteiger partial charge in [-0.1, -0.05) is 49.4 Å². The van der Waals surface area contributed by atoms with Gasteiger partial charge in [0.05, 0.1) is 36.6 Å². The van der Waals surface area contributed by atoms with Crippen LogP contribution in [0, 0.1) is 11.8 Å². The molecule has 53 heavy (non-hydrogen) atoms. The quantitative estimate of drug-likeness (QED) is 0.163. The van der Waals surface area contributed by atoms with Crippen LogP contribution in [0.4, 0.5) is 11.4 Å². The van der Waals surface area contributed by atoms with Crippen molar-refractivity contribution in [2.75, 3.05) is 43.1 Å². The molecule has 2 aromatic carbocycles. The fourth-order valence-corrected chi connectivity index (χ4v) is 8.60. The minimum atomic E-state index is -1.29. The summed E-state index contributed by atoms with van der Waals surface area (Å²) in [4.78, 5) is 64.2. The second kappa shape index (κ2) is 17.1. The lowest BCUT2D eigenvalue weighted by Crippen LogP contribution is -2.59. The lowest BCUT2D eigenvalue weighted by atomic mass is 9.70. The van der Waals surface area contributed by atoms with Crippen LogP contribution in [-0.2, 0) is 28.7 Å². The first-order chi connectivity index (χ1) is 25.5. The summed E-state index contributed by atoms with van der Waals surface area (Å²) in [6, 6.07) is 14.7. The minimum absolute atomic E-state index is 0.110. The molecule has 5 rings (SSSR count). The van der Waals surface area contributed by atoms with E-state index in [0.717, 1.165) is 18.8 Å². The van der Waals surface area contributed by atoms with Gasteiger partial charge in [-0.05, 0) is 76.3 Å². The maximum atomic E-state index is 15.0. The number of benzene rings is 2. The van der Waals surface area contributed by atoms with Crippen LogP contribution in [0.3, 0.4) is 0 Å². The molecule has 2 aromatic rings. The third-order valence-electron chi connectivity index (χ3n) is 11.6. The van der Waals surface area contributed by atoms with Gasteiger partial charge in [0.25, 0.3) is 5.91 Å². The fraction of sp³-hybridized carbons (Fsp3) is 0.524. The number of fused-ring (bicyclic) bond motifs is 1. The number of allylic oxidation sites excluding steroid dienone is 1. The first kappa shape index (κ1) is 39.7. The van der Waals surface area contributed by atoms with Crippen molar-refractivity contribution >= 4 is 35.1 Å². The topological polar surface area (TPSA) is 120 Å². The predicted octanol–water partition coefficient (Wildman–Crippen LogP) is 5.29. The first-order valence-corrected chi connectivity index (χ1v) is 19.0. The standard InChI is InChI=1S/C42H56N4O7/c1-8-13-19-34(48)43(7)28(6)37(29-17-15-14-16-18-29)52-41(51)35-33-24-25-42(53-33)36(35)39(49)46(30(10-3)27-47)38(42)40(50)45(26-9-2)32-22-20-31(21-23-32)44(11-4)12-5/h8-9,14-18,20-23,28,30,33,35-38,47H,1-2,10-13,19,24-27H2,3-7H3/t28-,30-,33+,35-,36-,37+,38+,42-/m0/s1. The van der Waals surface area contributed by atoms with Crippen LogP contribution in [0.15, 0.2) is 79.9 Å². The van der Waals surface area contributed by atoms with Crippen molar-refractivity contribution in [1.29, 1.82) is 0 Å². The SMILES string of the molecule is C=CCCC(=O)N(C)[C@@H](C)[C@@H](OC(=O)[C@@H]1[C@H]2C(=O)N([C@@H](CC)CO)[C@H](C(=O)N(CC=C)c3ccc(N(CC)CC)cc3)[C@]23CC[C@H]1O3)c1ccccc1. The van der Waals surface area contributed by atoms with Crippen molar-refractivity contribution in [3.05, 3.63) is 85.5 Å². The van der Waals surface area contributed by atoms with Gasteiger partial charge >= 0.3 is 5.97 Å². The monoisotopic (exact) mass is 728 g/mol. The Morgan fingerprint density at radius 1 is 1.04 bits per heavy atom. The molecule has 1 spiro atoms. The molecule has 0 saturated carbocycles. The number of likely N-dealkylation sites (N-methyl/N-ethyl adjacent to an activating group) is 1.